The van der Waals surface area contributed by atoms with Crippen molar-refractivity contribution in [3.63, 3.8) is 0 Å². The second-order valence-corrected chi connectivity index (χ2v) is 14.4. The van der Waals surface area contributed by atoms with Gasteiger partial charge in [0, 0.05) is 30.6 Å². The van der Waals surface area contributed by atoms with Gasteiger partial charge in [-0.25, -0.2) is 8.42 Å². The number of ether oxygens (including phenoxy) is 4. The molecule has 4 rings (SSSR count). The molecule has 0 aliphatic rings. The molecule has 0 heterocycles. The summed E-state index contributed by atoms with van der Waals surface area (Å²) >= 11 is 0. The first kappa shape index (κ1) is 37.6. The fraction of sp³-hybridized carbons (Fsp3) is 0.316. The number of sulfonamides is 1. The standard InChI is InChI=1S/C38H45N3O8S/c1-38(2,3)39-37(43)32(22-27-14-10-8-11-15-27)40(25-28-16-12-9-13-17-28)36(42)26-41(31-23-29(46-4)18-20-33(31)47-5)50(44,45)30-19-21-34(48-6)35(24-30)49-7/h8-21,23-24,32H,22,25-26H2,1-7H3,(H,39,43)/t32-/m0/s1. The molecule has 0 radical (unpaired) electrons. The zero-order valence-electron chi connectivity index (χ0n) is 29.5. The minimum Gasteiger partial charge on any atom is -0.497 e. The van der Waals surface area contributed by atoms with Crippen LogP contribution in [0.1, 0.15) is 31.9 Å². The number of nitrogens with zero attached hydrogens (tertiary/aromatic N) is 2. The molecule has 266 valence electrons. The molecule has 0 saturated carbocycles. The molecule has 1 N–H and O–H groups in total. The first-order valence-corrected chi connectivity index (χ1v) is 17.4. The molecule has 4 aromatic carbocycles. The molecule has 4 aromatic rings. The van der Waals surface area contributed by atoms with E-state index >= 15 is 0 Å². The lowest BCUT2D eigenvalue weighted by molar-refractivity contribution is -0.140. The molecule has 0 saturated heterocycles. The molecule has 12 heteroatoms. The van der Waals surface area contributed by atoms with Crippen LogP contribution in [0.2, 0.25) is 0 Å². The Labute approximate surface area is 294 Å². The second kappa shape index (κ2) is 16.4. The number of methoxy groups -OCH3 is 4. The summed E-state index contributed by atoms with van der Waals surface area (Å²) in [6.07, 6.45) is 0.187. The Morgan fingerprint density at radius 1 is 0.720 bits per heavy atom. The monoisotopic (exact) mass is 703 g/mol. The van der Waals surface area contributed by atoms with Gasteiger partial charge in [0.1, 0.15) is 24.1 Å². The van der Waals surface area contributed by atoms with Gasteiger partial charge >= 0.3 is 0 Å². The van der Waals surface area contributed by atoms with Crippen molar-refractivity contribution < 1.29 is 37.0 Å². The van der Waals surface area contributed by atoms with E-state index in [9.17, 15) is 18.0 Å². The summed E-state index contributed by atoms with van der Waals surface area (Å²) in [5.41, 5.74) is 1.05. The normalized spacial score (nSPS) is 12.0. The van der Waals surface area contributed by atoms with Gasteiger partial charge in [0.05, 0.1) is 39.0 Å². The fourth-order valence-corrected chi connectivity index (χ4v) is 6.83. The maximum Gasteiger partial charge on any atom is 0.265 e. The Hall–Kier alpha value is -5.23. The van der Waals surface area contributed by atoms with Crippen LogP contribution in [0.3, 0.4) is 0 Å². The van der Waals surface area contributed by atoms with E-state index in [1.165, 1.54) is 57.6 Å². The Bertz CT molecular complexity index is 1860. The zero-order valence-corrected chi connectivity index (χ0v) is 30.3. The van der Waals surface area contributed by atoms with Crippen molar-refractivity contribution >= 4 is 27.5 Å². The van der Waals surface area contributed by atoms with Gasteiger partial charge in [0.15, 0.2) is 11.5 Å². The van der Waals surface area contributed by atoms with Crippen LogP contribution in [-0.2, 0) is 32.6 Å². The smallest absolute Gasteiger partial charge is 0.265 e. The molecule has 0 spiro atoms. The third-order valence-electron chi connectivity index (χ3n) is 7.84. The lowest BCUT2D eigenvalue weighted by Gasteiger charge is -2.35. The molecule has 2 amide bonds. The number of rotatable bonds is 15. The summed E-state index contributed by atoms with van der Waals surface area (Å²) in [5.74, 6) is 0.0456. The molecule has 0 aromatic heterocycles. The van der Waals surface area contributed by atoms with Gasteiger partial charge in [0.25, 0.3) is 10.0 Å². The Balaban J connectivity index is 1.90. The van der Waals surface area contributed by atoms with E-state index in [4.69, 9.17) is 18.9 Å². The predicted octanol–water partition coefficient (Wildman–Crippen LogP) is 5.47. The summed E-state index contributed by atoms with van der Waals surface area (Å²) in [6.45, 7) is 4.94. The van der Waals surface area contributed by atoms with E-state index in [2.05, 4.69) is 5.32 Å². The van der Waals surface area contributed by atoms with Crippen molar-refractivity contribution in [1.82, 2.24) is 10.2 Å². The second-order valence-electron chi connectivity index (χ2n) is 12.5. The molecule has 50 heavy (non-hydrogen) atoms. The highest BCUT2D eigenvalue weighted by molar-refractivity contribution is 7.92. The molecule has 11 nitrogen and oxygen atoms in total. The fourth-order valence-electron chi connectivity index (χ4n) is 5.40. The average Bonchev–Trinajstić information content (AvgIpc) is 3.11. The van der Waals surface area contributed by atoms with Crippen LogP contribution in [0.15, 0.2) is 102 Å². The molecule has 0 unspecified atom stereocenters. The lowest BCUT2D eigenvalue weighted by atomic mass is 10.0. The number of hydrogen-bond donors (Lipinski definition) is 1. The van der Waals surface area contributed by atoms with Crippen LogP contribution in [0, 0.1) is 0 Å². The van der Waals surface area contributed by atoms with Crippen molar-refractivity contribution in [3.8, 4) is 23.0 Å². The predicted molar refractivity (Wildman–Crippen MR) is 192 cm³/mol. The Kier molecular flexibility index (Phi) is 12.4. The largest absolute Gasteiger partial charge is 0.497 e. The molecule has 0 aliphatic heterocycles. The van der Waals surface area contributed by atoms with E-state index in [0.29, 0.717) is 11.5 Å². The van der Waals surface area contributed by atoms with Gasteiger partial charge in [-0.15, -0.1) is 0 Å². The van der Waals surface area contributed by atoms with Crippen LogP contribution in [-0.4, -0.2) is 71.7 Å². The first-order valence-electron chi connectivity index (χ1n) is 16.0. The molecule has 0 fully saturated rings. The number of anilines is 1. The van der Waals surface area contributed by atoms with Crippen molar-refractivity contribution in [2.75, 3.05) is 39.3 Å². The lowest BCUT2D eigenvalue weighted by Crippen LogP contribution is -2.56. The number of nitrogens with one attached hydrogen (secondary N) is 1. The molecular formula is C38H45N3O8S. The molecule has 1 atom stereocenters. The van der Waals surface area contributed by atoms with Gasteiger partial charge in [-0.3, -0.25) is 13.9 Å². The summed E-state index contributed by atoms with van der Waals surface area (Å²) in [5, 5.41) is 3.03. The summed E-state index contributed by atoms with van der Waals surface area (Å²) in [4.78, 5) is 30.2. The van der Waals surface area contributed by atoms with Crippen LogP contribution < -0.4 is 28.6 Å². The maximum absolute atomic E-state index is 14.8. The Morgan fingerprint density at radius 3 is 1.86 bits per heavy atom. The van der Waals surface area contributed by atoms with Crippen LogP contribution in [0.25, 0.3) is 0 Å². The number of carbonyl (C=O) groups excluding carboxylic acids is 2. The van der Waals surface area contributed by atoms with E-state index < -0.39 is 34.1 Å². The van der Waals surface area contributed by atoms with E-state index in [1.54, 1.807) is 12.1 Å². The zero-order chi connectivity index (χ0) is 36.5. The van der Waals surface area contributed by atoms with Crippen LogP contribution in [0.5, 0.6) is 23.0 Å². The van der Waals surface area contributed by atoms with E-state index in [0.717, 1.165) is 15.4 Å². The van der Waals surface area contributed by atoms with E-state index in [1.807, 2.05) is 81.4 Å². The summed E-state index contributed by atoms with van der Waals surface area (Å²) in [7, 11) is 1.21. The van der Waals surface area contributed by atoms with Gasteiger partial charge in [-0.2, -0.15) is 0 Å². The highest BCUT2D eigenvalue weighted by atomic mass is 32.2. The summed E-state index contributed by atoms with van der Waals surface area (Å²) < 4.78 is 52.1. The number of hydrogen-bond acceptors (Lipinski definition) is 8. The van der Waals surface area contributed by atoms with Crippen molar-refractivity contribution in [1.29, 1.82) is 0 Å². The van der Waals surface area contributed by atoms with Gasteiger partial charge in [-0.05, 0) is 56.2 Å². The average molecular weight is 704 g/mol. The van der Waals surface area contributed by atoms with Crippen LogP contribution in [0.4, 0.5) is 5.69 Å². The minimum absolute atomic E-state index is 0.0359. The van der Waals surface area contributed by atoms with Crippen molar-refractivity contribution in [2.45, 2.75) is 50.2 Å². The van der Waals surface area contributed by atoms with Crippen molar-refractivity contribution in [3.05, 3.63) is 108 Å². The molecule has 0 aliphatic carbocycles. The maximum atomic E-state index is 14.8. The van der Waals surface area contributed by atoms with Gasteiger partial charge in [0.2, 0.25) is 11.8 Å². The number of amides is 2. The molecular weight excluding hydrogens is 658 g/mol. The third-order valence-corrected chi connectivity index (χ3v) is 9.60. The highest BCUT2D eigenvalue weighted by Gasteiger charge is 2.37. The quantitative estimate of drug-likeness (QED) is 0.173. The third kappa shape index (κ3) is 9.26. The first-order chi connectivity index (χ1) is 23.8. The van der Waals surface area contributed by atoms with E-state index in [-0.39, 0.29) is 41.0 Å². The highest BCUT2D eigenvalue weighted by Crippen LogP contribution is 2.38. The van der Waals surface area contributed by atoms with Gasteiger partial charge in [-0.1, -0.05) is 60.7 Å². The Morgan fingerprint density at radius 2 is 1.30 bits per heavy atom. The number of carbonyl (C=O) groups is 2. The molecule has 0 bridgehead atoms. The number of benzene rings is 4. The van der Waals surface area contributed by atoms with Crippen molar-refractivity contribution in [2.24, 2.45) is 0 Å². The van der Waals surface area contributed by atoms with Gasteiger partial charge < -0.3 is 29.2 Å². The minimum atomic E-state index is -4.49. The SMILES string of the molecule is COc1ccc(OC)c(N(CC(=O)N(Cc2ccccc2)[C@@H](Cc2ccccc2)C(=O)NC(C)(C)C)S(=O)(=O)c2ccc(OC)c(OC)c2)c1. The topological polar surface area (TPSA) is 124 Å². The van der Waals surface area contributed by atoms with Crippen LogP contribution >= 0.6 is 0 Å². The summed E-state index contributed by atoms with van der Waals surface area (Å²) in [6, 6.07) is 26.5.